The monoisotopic (exact) mass is 1550 g/mol. The molecule has 0 unspecified atom stereocenters. The summed E-state index contributed by atoms with van der Waals surface area (Å²) in [4.78, 5) is 68.4. The molecule has 506 valence electrons. The van der Waals surface area contributed by atoms with Gasteiger partial charge in [-0.1, -0.05) is 111 Å². The fraction of sp³-hybridized carbons (Fsp3) is 0.464. The fourth-order valence-corrected chi connectivity index (χ4v) is 17.8. The summed E-state index contributed by atoms with van der Waals surface area (Å²) in [5.74, 6) is 0.766. The smallest absolute Gasteiger partial charge is 1.00 e. The van der Waals surface area contributed by atoms with Crippen molar-refractivity contribution in [1.82, 2.24) is 10.6 Å². The predicted octanol–water partition coefficient (Wildman–Crippen LogP) is 14.9. The number of halogens is 5. The Hall–Kier alpha value is -2.47. The predicted molar refractivity (Wildman–Crippen MR) is 409 cm³/mol. The van der Waals surface area contributed by atoms with E-state index < -0.39 is 0 Å². The normalized spacial score (nSPS) is 14.1. The molecule has 4 N–H and O–H groups in total. The van der Waals surface area contributed by atoms with Crippen LogP contribution in [0.3, 0.4) is 0 Å². The Balaban J connectivity index is 0.000000587. The number of Topliss-reactive ketones (excluding diaryl/α,β-unsaturated/α-hetero) is 2. The second kappa shape index (κ2) is 42.7. The number of amides is 3. The number of aryl methyl sites for hydroxylation is 9. The first kappa shape index (κ1) is 88.6. The summed E-state index contributed by atoms with van der Waals surface area (Å²) < 4.78 is 4.30. The van der Waals surface area contributed by atoms with E-state index in [0.717, 1.165) is 163 Å². The number of hydrogen-bond donors (Lipinski definition) is 4. The zero-order valence-electron chi connectivity index (χ0n) is 56.5. The second-order valence-electron chi connectivity index (χ2n) is 25.3. The molecule has 0 spiro atoms. The van der Waals surface area contributed by atoms with Crippen LogP contribution in [0, 0.1) is 38.5 Å². The number of fused-ring (bicyclic) bond motifs is 5. The molecular weight excluding hydrogens is 1460 g/mol. The molecule has 2 aromatic carbocycles. The zero-order chi connectivity index (χ0) is 66.7. The summed E-state index contributed by atoms with van der Waals surface area (Å²) in [7, 11) is 0. The Kier molecular flexibility index (Phi) is 39.8. The van der Waals surface area contributed by atoms with Crippen molar-refractivity contribution in [3.05, 3.63) is 172 Å². The van der Waals surface area contributed by atoms with E-state index in [9.17, 15) is 24.0 Å². The van der Waals surface area contributed by atoms with Gasteiger partial charge in [-0.15, -0.1) is 56.7 Å². The minimum atomic E-state index is -0.0165. The van der Waals surface area contributed by atoms with Crippen LogP contribution in [-0.2, 0) is 54.8 Å². The van der Waals surface area contributed by atoms with Gasteiger partial charge < -0.3 is 38.7 Å². The van der Waals surface area contributed by atoms with Crippen LogP contribution in [0.5, 0.6) is 0 Å². The molecule has 3 aliphatic heterocycles. The zero-order valence-corrected chi connectivity index (χ0v) is 66.2. The number of nitrogens with one attached hydrogen (secondary N) is 4. The molecule has 8 heterocycles. The van der Waals surface area contributed by atoms with Crippen LogP contribution in [0.15, 0.2) is 64.5 Å². The molecule has 12 rings (SSSR count). The van der Waals surface area contributed by atoms with Gasteiger partial charge in [0, 0.05) is 109 Å². The van der Waals surface area contributed by atoms with Gasteiger partial charge in [0.1, 0.15) is 0 Å². The first-order valence-corrected chi connectivity index (χ1v) is 36.9. The van der Waals surface area contributed by atoms with Gasteiger partial charge in [-0.3, -0.25) is 28.9 Å². The van der Waals surface area contributed by atoms with Crippen LogP contribution in [-0.4, -0.2) is 66.3 Å². The Morgan fingerprint density at radius 2 is 1.02 bits per heavy atom. The topological polar surface area (TPSA) is 195 Å². The maximum atomic E-state index is 12.4. The second-order valence-corrected chi connectivity index (χ2v) is 34.3. The van der Waals surface area contributed by atoms with Crippen LogP contribution >= 0.6 is 119 Å². The van der Waals surface area contributed by atoms with Crippen LogP contribution < -0.4 is 74.6 Å². The molecule has 0 saturated heterocycles. The maximum absolute atomic E-state index is 12.4. The van der Waals surface area contributed by atoms with Crippen LogP contribution in [0.1, 0.15) is 197 Å². The Morgan fingerprint density at radius 1 is 0.600 bits per heavy atom. The van der Waals surface area contributed by atoms with Crippen LogP contribution in [0.2, 0.25) is 17.3 Å². The van der Waals surface area contributed by atoms with Gasteiger partial charge in [-0.05, 0) is 203 Å². The van der Waals surface area contributed by atoms with Crippen molar-refractivity contribution in [3.8, 4) is 0 Å². The molecule has 5 aliphatic rings. The first-order valence-electron chi connectivity index (χ1n) is 30.4. The molecule has 26 heteroatoms. The van der Waals surface area contributed by atoms with Gasteiger partial charge in [0.15, 0.2) is 28.9 Å². The van der Waals surface area contributed by atoms with Crippen LogP contribution in [0.25, 0.3) is 16.0 Å². The molecule has 0 bridgehead atoms. The summed E-state index contributed by atoms with van der Waals surface area (Å²) in [6, 6.07) is 18.1. The van der Waals surface area contributed by atoms with Gasteiger partial charge in [-0.25, -0.2) is 0 Å². The molecule has 0 radical (unpaired) electrons. The van der Waals surface area contributed by atoms with E-state index in [4.69, 9.17) is 57.5 Å². The Bertz CT molecular complexity index is 3660. The minimum absolute atomic E-state index is 0. The molecule has 13 nitrogen and oxygen atoms in total. The number of nitrogens with zero attached hydrogens (tertiary/aromatic N) is 4. The number of hydrogen-bond acceptors (Lipinski definition) is 12. The molecule has 5 aromatic heterocycles. The fourth-order valence-electron chi connectivity index (χ4n) is 10.9. The van der Waals surface area contributed by atoms with Crippen molar-refractivity contribution < 1.29 is 73.8 Å². The standard InChI is InChI=1S/C22H29ClN2OS.C14H20BrNO.C8H8ClNOS.C8H10ClNS.C8H7ClOS.C8H8OS.CH4.Al.Li.N3.Na.4H/c1-14-9-17(10-15(2)21(14)24-20(26)12-22(3,4)5)25-8-6-7-18-16(13-25)11-19(23)27-18;1-9-6-11(15)7-10(2)13(9)16-12(17)8-14(3,4)5;9-7-4-5-6(12-7)2-1-3-10-8(5)11;9-8-4-6-5-10-3-1-2-7(6)11-8;9-8-4-5-6(10)2-1-3-7(5)11-8;9-7-2-1-3-8-6(7)4-5-10-8;;;;1-3-2;;;;;/h9-11H,6-8,12-13H2,1-5H3,(H,24,26);6-7H,8H2,1-5H3,(H,16,17);4H,1-3H2,(H,10,11);4,10H,1-3,5H2;4H,1-3H2;4-5H,1-3H2;1H4;;;;;;;;/q;;;;;;;;+1;-1;+1;;;;-1. The summed E-state index contributed by atoms with van der Waals surface area (Å²) in [6.45, 7) is 25.4. The van der Waals surface area contributed by atoms with Crippen molar-refractivity contribution in [3.63, 3.8) is 0 Å². The van der Waals surface area contributed by atoms with E-state index >= 15 is 0 Å². The average molecular weight is 1550 g/mol. The third kappa shape index (κ3) is 29.2. The number of rotatable bonds is 5. The average Bonchev–Trinajstić information content (AvgIpc) is 1.20. The number of carbonyl (C=O) groups excluding carboxylic acids is 5. The first-order chi connectivity index (χ1) is 43.0. The van der Waals surface area contributed by atoms with Crippen molar-refractivity contribution in [2.75, 3.05) is 35.2 Å². The summed E-state index contributed by atoms with van der Waals surface area (Å²) in [6.07, 6.45) is 13.3. The van der Waals surface area contributed by atoms with Gasteiger partial charge in [-0.2, -0.15) is 0 Å². The number of ketones is 2. The Labute approximate surface area is 657 Å². The maximum Gasteiger partial charge on any atom is 1.00 e. The summed E-state index contributed by atoms with van der Waals surface area (Å²) in [5, 5.41) is 14.3. The van der Waals surface area contributed by atoms with Gasteiger partial charge in [0.2, 0.25) is 11.8 Å². The molecule has 7 aromatic rings. The molecule has 0 fully saturated rings. The number of thiophene rings is 5. The largest absolute Gasteiger partial charge is 1.00 e. The van der Waals surface area contributed by atoms with Crippen molar-refractivity contribution in [2.24, 2.45) is 10.8 Å². The van der Waals surface area contributed by atoms with Gasteiger partial charge in [0.25, 0.3) is 5.91 Å². The molecule has 95 heavy (non-hydrogen) atoms. The molecule has 0 saturated carbocycles. The van der Waals surface area contributed by atoms with Crippen molar-refractivity contribution >= 4 is 183 Å². The minimum Gasteiger partial charge on any atom is -1.00 e. The molecule has 2 aliphatic carbocycles. The van der Waals surface area contributed by atoms with E-state index in [1.165, 1.54) is 76.7 Å². The van der Waals surface area contributed by atoms with E-state index in [2.05, 4.69) is 122 Å². The van der Waals surface area contributed by atoms with Gasteiger partial charge >= 0.3 is 48.4 Å². The third-order valence-electron chi connectivity index (χ3n) is 14.9. The molecule has 0 atom stereocenters. The van der Waals surface area contributed by atoms with E-state index in [-0.39, 0.29) is 109 Å². The van der Waals surface area contributed by atoms with Crippen molar-refractivity contribution in [2.45, 2.75) is 180 Å². The van der Waals surface area contributed by atoms with Gasteiger partial charge in [0.05, 0.1) is 22.9 Å². The third-order valence-corrected chi connectivity index (χ3v) is 21.7. The SMILES string of the molecule is C.Cc1cc(Br)cc(C)c1NC(=O)CC(C)(C)C.Cc1cc(N2CCCc3sc(Cl)cc3C2)cc(C)c1NC(=O)CC(C)(C)C.Clc1cc2c(s1)CCCNC2.O=C1CCCc2sc(Cl)cc21.O=C1CCCc2sccc21.O=C1NCCCc2sc(Cl)cc21.[AlH3].[H-].[Li+].[N-]=[N+]=[N-].[Na+]. The number of carbonyl (C=O) groups is 5. The van der Waals surface area contributed by atoms with Crippen LogP contribution in [0.4, 0.5) is 17.1 Å². The molecular formula is C69H90AlBrCl4LiN8NaO5S5. The summed E-state index contributed by atoms with van der Waals surface area (Å²) in [5.41, 5.74) is 26.3. The molecule has 3 amide bonds. The quantitative estimate of drug-likeness (QED) is 0.0569. The van der Waals surface area contributed by atoms with Crippen molar-refractivity contribution in [1.29, 1.82) is 0 Å². The van der Waals surface area contributed by atoms with E-state index in [0.29, 0.717) is 29.4 Å². The van der Waals surface area contributed by atoms with E-state index in [1.807, 2.05) is 37.4 Å². The number of anilines is 3. The summed E-state index contributed by atoms with van der Waals surface area (Å²) >= 11 is 35.4. The van der Waals surface area contributed by atoms with E-state index in [1.54, 1.807) is 46.1 Å². The Morgan fingerprint density at radius 3 is 1.55 bits per heavy atom. The number of benzene rings is 2.